The van der Waals surface area contributed by atoms with E-state index in [1.165, 1.54) is 11.3 Å². The van der Waals surface area contributed by atoms with Crippen molar-refractivity contribution in [3.63, 3.8) is 0 Å². The van der Waals surface area contributed by atoms with E-state index in [9.17, 15) is 0 Å². The Labute approximate surface area is 102 Å². The minimum Gasteiger partial charge on any atom is -0.377 e. The lowest BCUT2D eigenvalue weighted by atomic mass is 10.2. The lowest BCUT2D eigenvalue weighted by Gasteiger charge is -2.05. The van der Waals surface area contributed by atoms with Crippen LogP contribution in [0.3, 0.4) is 0 Å². The highest BCUT2D eigenvalue weighted by Gasteiger charge is 2.02. The summed E-state index contributed by atoms with van der Waals surface area (Å²) in [6.07, 6.45) is 1.62. The molecule has 0 saturated carbocycles. The van der Waals surface area contributed by atoms with Gasteiger partial charge in [-0.3, -0.25) is 0 Å². The van der Waals surface area contributed by atoms with Crippen molar-refractivity contribution in [2.75, 3.05) is 5.32 Å². The van der Waals surface area contributed by atoms with Gasteiger partial charge in [0.1, 0.15) is 15.4 Å². The van der Waals surface area contributed by atoms with Crippen LogP contribution in [0.25, 0.3) is 0 Å². The Morgan fingerprint density at radius 1 is 1.44 bits per heavy atom. The van der Waals surface area contributed by atoms with E-state index < -0.39 is 0 Å². The van der Waals surface area contributed by atoms with E-state index in [-0.39, 0.29) is 0 Å². The van der Waals surface area contributed by atoms with Crippen molar-refractivity contribution in [2.24, 2.45) is 0 Å². The third-order valence-corrected chi connectivity index (χ3v) is 3.12. The first-order valence-corrected chi connectivity index (χ1v) is 5.82. The highest BCUT2D eigenvalue weighted by Crippen LogP contribution is 2.20. The number of hydrogen-bond acceptors (Lipinski definition) is 4. The van der Waals surface area contributed by atoms with Gasteiger partial charge >= 0.3 is 0 Å². The Morgan fingerprint density at radius 3 is 2.94 bits per heavy atom. The van der Waals surface area contributed by atoms with Gasteiger partial charge in [0, 0.05) is 0 Å². The van der Waals surface area contributed by atoms with E-state index >= 15 is 0 Å². The summed E-state index contributed by atoms with van der Waals surface area (Å²) in [6, 6.07) is 9.50. The van der Waals surface area contributed by atoms with Crippen molar-refractivity contribution in [1.82, 2.24) is 4.98 Å². The fourth-order valence-corrected chi connectivity index (χ4v) is 2.17. The molecular weight excluding hydrogens is 242 g/mol. The van der Waals surface area contributed by atoms with Crippen LogP contribution >= 0.6 is 22.9 Å². The number of nitriles is 1. The van der Waals surface area contributed by atoms with Gasteiger partial charge in [-0.1, -0.05) is 23.7 Å². The number of anilines is 1. The summed E-state index contributed by atoms with van der Waals surface area (Å²) in [5.41, 5.74) is 1.45. The Kier molecular flexibility index (Phi) is 3.40. The number of thiazole rings is 1. The van der Waals surface area contributed by atoms with Crippen LogP contribution in [0.1, 0.15) is 10.6 Å². The van der Waals surface area contributed by atoms with Gasteiger partial charge in [-0.05, 0) is 12.1 Å². The lowest BCUT2D eigenvalue weighted by molar-refractivity contribution is 1.10. The van der Waals surface area contributed by atoms with Crippen LogP contribution in [-0.2, 0) is 6.54 Å². The van der Waals surface area contributed by atoms with E-state index in [0.717, 1.165) is 10.7 Å². The molecule has 0 aliphatic rings. The van der Waals surface area contributed by atoms with Gasteiger partial charge < -0.3 is 5.32 Å². The summed E-state index contributed by atoms with van der Waals surface area (Å²) in [4.78, 5) is 4.13. The molecule has 16 heavy (non-hydrogen) atoms. The summed E-state index contributed by atoms with van der Waals surface area (Å²) in [6.45, 7) is 0.579. The molecule has 0 bridgehead atoms. The normalized spacial score (nSPS) is 9.75. The molecule has 0 radical (unpaired) electrons. The van der Waals surface area contributed by atoms with Crippen molar-refractivity contribution >= 4 is 28.6 Å². The number of para-hydroxylation sites is 1. The molecule has 0 unspecified atom stereocenters. The number of benzene rings is 1. The molecule has 0 aliphatic heterocycles. The highest BCUT2D eigenvalue weighted by molar-refractivity contribution is 7.15. The van der Waals surface area contributed by atoms with Gasteiger partial charge in [0.2, 0.25) is 0 Å². The largest absolute Gasteiger partial charge is 0.377 e. The van der Waals surface area contributed by atoms with Gasteiger partial charge in [-0.25, -0.2) is 4.98 Å². The molecule has 2 rings (SSSR count). The SMILES string of the molecule is N#Cc1ccccc1NCc1ncc(Cl)s1. The number of halogens is 1. The van der Waals surface area contributed by atoms with Crippen molar-refractivity contribution in [1.29, 1.82) is 5.26 Å². The van der Waals surface area contributed by atoms with Gasteiger partial charge in [-0.15, -0.1) is 11.3 Å². The van der Waals surface area contributed by atoms with Crippen LogP contribution in [0.2, 0.25) is 4.34 Å². The number of nitrogens with zero attached hydrogens (tertiary/aromatic N) is 2. The van der Waals surface area contributed by atoms with Crippen molar-refractivity contribution in [3.8, 4) is 6.07 Å². The summed E-state index contributed by atoms with van der Waals surface area (Å²) in [5.74, 6) is 0. The number of nitrogens with one attached hydrogen (secondary N) is 1. The highest BCUT2D eigenvalue weighted by atomic mass is 35.5. The molecule has 1 N–H and O–H groups in total. The number of hydrogen-bond donors (Lipinski definition) is 1. The average Bonchev–Trinajstić information content (AvgIpc) is 2.73. The summed E-state index contributed by atoms with van der Waals surface area (Å²) >= 11 is 7.21. The van der Waals surface area contributed by atoms with Crippen molar-refractivity contribution in [2.45, 2.75) is 6.54 Å². The molecule has 0 fully saturated rings. The molecule has 1 heterocycles. The van der Waals surface area contributed by atoms with Crippen molar-refractivity contribution in [3.05, 3.63) is 45.4 Å². The van der Waals surface area contributed by atoms with E-state index in [2.05, 4.69) is 16.4 Å². The first-order valence-electron chi connectivity index (χ1n) is 4.63. The third-order valence-electron chi connectivity index (χ3n) is 2.00. The molecule has 3 nitrogen and oxygen atoms in total. The molecule has 0 atom stereocenters. The first kappa shape index (κ1) is 10.9. The zero-order valence-electron chi connectivity index (χ0n) is 8.27. The van der Waals surface area contributed by atoms with Gasteiger partial charge in [0.15, 0.2) is 0 Å². The Bertz CT molecular complexity index is 530. The van der Waals surface area contributed by atoms with Gasteiger partial charge in [0.25, 0.3) is 0 Å². The molecule has 0 saturated heterocycles. The molecular formula is C11H8ClN3S. The topological polar surface area (TPSA) is 48.7 Å². The maximum absolute atomic E-state index is 8.90. The monoisotopic (exact) mass is 249 g/mol. The van der Waals surface area contributed by atoms with Gasteiger partial charge in [-0.2, -0.15) is 5.26 Å². The first-order chi connectivity index (χ1) is 7.79. The minimum absolute atomic E-state index is 0.579. The average molecular weight is 250 g/mol. The zero-order valence-corrected chi connectivity index (χ0v) is 9.85. The maximum Gasteiger partial charge on any atom is 0.113 e. The summed E-state index contributed by atoms with van der Waals surface area (Å²) in [7, 11) is 0. The zero-order chi connectivity index (χ0) is 11.4. The van der Waals surface area contributed by atoms with Crippen LogP contribution in [0.4, 0.5) is 5.69 Å². The second-order valence-corrected chi connectivity index (χ2v) is 4.82. The number of rotatable bonds is 3. The fraction of sp³-hybridized carbons (Fsp3) is 0.0909. The fourth-order valence-electron chi connectivity index (χ4n) is 1.28. The predicted octanol–water partition coefficient (Wildman–Crippen LogP) is 3.28. The molecule has 0 amide bonds. The molecule has 0 aliphatic carbocycles. The van der Waals surface area contributed by atoms with Crippen LogP contribution in [0, 0.1) is 11.3 Å². The summed E-state index contributed by atoms with van der Waals surface area (Å²) < 4.78 is 0.672. The Balaban J connectivity index is 2.08. The molecule has 1 aromatic heterocycles. The quantitative estimate of drug-likeness (QED) is 0.908. The van der Waals surface area contributed by atoms with E-state index in [1.807, 2.05) is 18.2 Å². The third kappa shape index (κ3) is 2.51. The van der Waals surface area contributed by atoms with E-state index in [0.29, 0.717) is 16.4 Å². The minimum atomic E-state index is 0.579. The second-order valence-electron chi connectivity index (χ2n) is 3.07. The smallest absolute Gasteiger partial charge is 0.113 e. The van der Waals surface area contributed by atoms with Crippen LogP contribution in [0.15, 0.2) is 30.5 Å². The Hall–Kier alpha value is -1.57. The molecule has 2 aromatic rings. The van der Waals surface area contributed by atoms with E-state index in [4.69, 9.17) is 16.9 Å². The number of aromatic nitrogens is 1. The van der Waals surface area contributed by atoms with Gasteiger partial charge in [0.05, 0.1) is 24.0 Å². The maximum atomic E-state index is 8.90. The molecule has 1 aromatic carbocycles. The van der Waals surface area contributed by atoms with Crippen LogP contribution in [-0.4, -0.2) is 4.98 Å². The second kappa shape index (κ2) is 4.97. The molecule has 80 valence electrons. The van der Waals surface area contributed by atoms with Crippen LogP contribution < -0.4 is 5.32 Å². The van der Waals surface area contributed by atoms with Crippen LogP contribution in [0.5, 0.6) is 0 Å². The molecule has 5 heteroatoms. The predicted molar refractivity (Wildman–Crippen MR) is 65.6 cm³/mol. The van der Waals surface area contributed by atoms with E-state index in [1.54, 1.807) is 12.3 Å². The lowest BCUT2D eigenvalue weighted by Crippen LogP contribution is -2.00. The summed E-state index contributed by atoms with van der Waals surface area (Å²) in [5, 5.41) is 13.0. The molecule has 0 spiro atoms. The Morgan fingerprint density at radius 2 is 2.25 bits per heavy atom. The standard InChI is InChI=1S/C11H8ClN3S/c12-10-6-15-11(16-10)7-14-9-4-2-1-3-8(9)5-13/h1-4,6,14H,7H2. The van der Waals surface area contributed by atoms with Crippen molar-refractivity contribution < 1.29 is 0 Å².